The van der Waals surface area contributed by atoms with E-state index in [-0.39, 0.29) is 11.5 Å². The molecule has 1 unspecified atom stereocenters. The summed E-state index contributed by atoms with van der Waals surface area (Å²) in [6, 6.07) is 6.46. The summed E-state index contributed by atoms with van der Waals surface area (Å²) < 4.78 is 10.6. The number of aromatic nitrogens is 1. The lowest BCUT2D eigenvalue weighted by molar-refractivity contribution is -0.107. The van der Waals surface area contributed by atoms with Crippen molar-refractivity contribution in [2.75, 3.05) is 31.1 Å². The Kier molecular flexibility index (Phi) is 4.68. The molecule has 1 aliphatic heterocycles. The van der Waals surface area contributed by atoms with Crippen LogP contribution in [0.15, 0.2) is 42.4 Å². The topological polar surface area (TPSA) is 95.4 Å². The molecule has 0 saturated heterocycles. The van der Waals surface area contributed by atoms with Crippen LogP contribution in [0.4, 0.5) is 11.4 Å². The first-order valence-electron chi connectivity index (χ1n) is 7.78. The van der Waals surface area contributed by atoms with E-state index >= 15 is 0 Å². The summed E-state index contributed by atoms with van der Waals surface area (Å²) in [5.74, 6) is 0.655. The first-order valence-corrected chi connectivity index (χ1v) is 7.78. The summed E-state index contributed by atoms with van der Waals surface area (Å²) in [6.45, 7) is 0. The number of aliphatic hydroxyl groups excluding tert-OH is 2. The number of hydrogen-bond donors (Lipinski definition) is 2. The standard InChI is InChI=1S/C18H19N3O5/c1-20-13-9-15(26-3)14(25-2)8-12(13)17(23)16(18(20)24)21(10-22)11-4-6-19-7-5-11/h4-10,18,23-24H,1-3H3. The third kappa shape index (κ3) is 2.70. The van der Waals surface area contributed by atoms with Crippen LogP contribution in [0.5, 0.6) is 11.5 Å². The predicted octanol–water partition coefficient (Wildman–Crippen LogP) is 1.76. The molecule has 0 spiro atoms. The number of aliphatic hydroxyl groups is 2. The average Bonchev–Trinajstić information content (AvgIpc) is 2.69. The van der Waals surface area contributed by atoms with Crippen LogP contribution in [0.1, 0.15) is 5.56 Å². The molecule has 0 radical (unpaired) electrons. The van der Waals surface area contributed by atoms with E-state index in [9.17, 15) is 15.0 Å². The Morgan fingerprint density at radius 2 is 1.81 bits per heavy atom. The number of rotatable bonds is 5. The Morgan fingerprint density at radius 3 is 2.38 bits per heavy atom. The molecule has 8 nitrogen and oxygen atoms in total. The highest BCUT2D eigenvalue weighted by atomic mass is 16.5. The van der Waals surface area contributed by atoms with Gasteiger partial charge >= 0.3 is 0 Å². The second kappa shape index (κ2) is 6.93. The highest BCUT2D eigenvalue weighted by Crippen LogP contribution is 2.43. The van der Waals surface area contributed by atoms with Gasteiger partial charge in [0, 0.05) is 31.1 Å². The summed E-state index contributed by atoms with van der Waals surface area (Å²) in [4.78, 5) is 18.3. The monoisotopic (exact) mass is 357 g/mol. The normalized spacial score (nSPS) is 16.2. The van der Waals surface area contributed by atoms with E-state index in [2.05, 4.69) is 4.98 Å². The van der Waals surface area contributed by atoms with Gasteiger partial charge in [0.15, 0.2) is 17.7 Å². The van der Waals surface area contributed by atoms with Gasteiger partial charge in [-0.05, 0) is 18.2 Å². The highest BCUT2D eigenvalue weighted by molar-refractivity contribution is 5.90. The van der Waals surface area contributed by atoms with Gasteiger partial charge in [-0.2, -0.15) is 0 Å². The summed E-state index contributed by atoms with van der Waals surface area (Å²) in [5.41, 5.74) is 1.45. The maximum Gasteiger partial charge on any atom is 0.218 e. The number of carbonyl (C=O) groups excluding carboxylic acids is 1. The molecular formula is C18H19N3O5. The molecule has 2 aromatic rings. The second-order valence-electron chi connectivity index (χ2n) is 5.62. The van der Waals surface area contributed by atoms with Crippen molar-refractivity contribution in [2.24, 2.45) is 0 Å². The lowest BCUT2D eigenvalue weighted by atomic mass is 10.0. The minimum atomic E-state index is -1.25. The zero-order valence-corrected chi connectivity index (χ0v) is 14.6. The quantitative estimate of drug-likeness (QED) is 0.787. The van der Waals surface area contributed by atoms with Gasteiger partial charge in [-0.15, -0.1) is 0 Å². The number of ether oxygens (including phenoxy) is 2. The van der Waals surface area contributed by atoms with Crippen LogP contribution in [0.2, 0.25) is 0 Å². The number of carbonyl (C=O) groups is 1. The van der Waals surface area contributed by atoms with Crippen LogP contribution < -0.4 is 19.3 Å². The predicted molar refractivity (Wildman–Crippen MR) is 96.3 cm³/mol. The van der Waals surface area contributed by atoms with Crippen molar-refractivity contribution >= 4 is 23.5 Å². The Morgan fingerprint density at radius 1 is 1.19 bits per heavy atom. The Balaban J connectivity index is 2.21. The molecule has 1 aliphatic rings. The van der Waals surface area contributed by atoms with Crippen LogP contribution in [-0.4, -0.2) is 49.1 Å². The van der Waals surface area contributed by atoms with E-state index in [4.69, 9.17) is 9.47 Å². The van der Waals surface area contributed by atoms with Gasteiger partial charge in [0.1, 0.15) is 11.5 Å². The number of amides is 1. The number of likely N-dealkylation sites (N-methyl/N-ethyl adjacent to an activating group) is 1. The smallest absolute Gasteiger partial charge is 0.218 e. The lowest BCUT2D eigenvalue weighted by Crippen LogP contribution is -2.43. The highest BCUT2D eigenvalue weighted by Gasteiger charge is 2.35. The van der Waals surface area contributed by atoms with E-state index in [1.54, 1.807) is 31.3 Å². The molecule has 0 bridgehead atoms. The van der Waals surface area contributed by atoms with Crippen molar-refractivity contribution < 1.29 is 24.5 Å². The van der Waals surface area contributed by atoms with E-state index < -0.39 is 6.23 Å². The van der Waals surface area contributed by atoms with Crippen LogP contribution >= 0.6 is 0 Å². The maximum absolute atomic E-state index is 11.7. The van der Waals surface area contributed by atoms with E-state index in [1.807, 2.05) is 0 Å². The molecule has 2 heterocycles. The summed E-state index contributed by atoms with van der Waals surface area (Å²) in [7, 11) is 4.64. The number of fused-ring (bicyclic) bond motifs is 1. The minimum absolute atomic E-state index is 0.0356. The van der Waals surface area contributed by atoms with E-state index in [0.717, 1.165) is 0 Å². The fourth-order valence-electron chi connectivity index (χ4n) is 2.93. The van der Waals surface area contributed by atoms with Crippen molar-refractivity contribution in [1.82, 2.24) is 4.98 Å². The van der Waals surface area contributed by atoms with Crippen molar-refractivity contribution in [3.8, 4) is 11.5 Å². The largest absolute Gasteiger partial charge is 0.505 e. The molecule has 1 atom stereocenters. The van der Waals surface area contributed by atoms with Crippen LogP contribution in [-0.2, 0) is 4.79 Å². The molecule has 8 heteroatoms. The van der Waals surface area contributed by atoms with Crippen molar-refractivity contribution in [2.45, 2.75) is 6.23 Å². The van der Waals surface area contributed by atoms with Gasteiger partial charge in [0.25, 0.3) is 0 Å². The molecule has 3 rings (SSSR count). The molecule has 136 valence electrons. The Labute approximate surface area is 150 Å². The summed E-state index contributed by atoms with van der Waals surface area (Å²) >= 11 is 0. The molecule has 0 saturated carbocycles. The fraction of sp³-hybridized carbons (Fsp3) is 0.222. The molecule has 2 N–H and O–H groups in total. The van der Waals surface area contributed by atoms with E-state index in [1.165, 1.54) is 36.4 Å². The molecule has 1 aromatic carbocycles. The zero-order valence-electron chi connectivity index (χ0n) is 14.6. The zero-order chi connectivity index (χ0) is 18.8. The van der Waals surface area contributed by atoms with Gasteiger partial charge in [0.2, 0.25) is 6.41 Å². The summed E-state index contributed by atoms with van der Waals surface area (Å²) in [5, 5.41) is 21.6. The molecule has 0 aliphatic carbocycles. The Hall–Kier alpha value is -3.26. The first-order chi connectivity index (χ1) is 12.5. The molecular weight excluding hydrogens is 338 g/mol. The number of anilines is 2. The number of hydrogen-bond acceptors (Lipinski definition) is 7. The number of nitrogens with zero attached hydrogens (tertiary/aromatic N) is 3. The first kappa shape index (κ1) is 17.6. The van der Waals surface area contributed by atoms with Gasteiger partial charge < -0.3 is 24.6 Å². The van der Waals surface area contributed by atoms with Gasteiger partial charge in [0.05, 0.1) is 25.6 Å². The number of methoxy groups -OCH3 is 2. The number of pyridine rings is 1. The number of benzene rings is 1. The SMILES string of the molecule is COc1cc2c(cc1OC)N(C)C(O)C(N(C=O)c1ccncc1)=C2O. The van der Waals surface area contributed by atoms with Crippen LogP contribution in [0.25, 0.3) is 5.76 Å². The Bertz CT molecular complexity index is 853. The van der Waals surface area contributed by atoms with Gasteiger partial charge in [-0.25, -0.2) is 0 Å². The van der Waals surface area contributed by atoms with Crippen LogP contribution in [0, 0.1) is 0 Å². The van der Waals surface area contributed by atoms with Crippen molar-refractivity contribution in [3.63, 3.8) is 0 Å². The molecule has 26 heavy (non-hydrogen) atoms. The lowest BCUT2D eigenvalue weighted by Gasteiger charge is -2.37. The average molecular weight is 357 g/mol. The third-order valence-corrected chi connectivity index (χ3v) is 4.30. The van der Waals surface area contributed by atoms with Crippen molar-refractivity contribution in [3.05, 3.63) is 47.9 Å². The molecule has 0 fully saturated rings. The minimum Gasteiger partial charge on any atom is -0.505 e. The van der Waals surface area contributed by atoms with Gasteiger partial charge in [-0.1, -0.05) is 0 Å². The van der Waals surface area contributed by atoms with Crippen LogP contribution in [0.3, 0.4) is 0 Å². The third-order valence-electron chi connectivity index (χ3n) is 4.30. The second-order valence-corrected chi connectivity index (χ2v) is 5.62. The fourth-order valence-corrected chi connectivity index (χ4v) is 2.93. The molecule has 1 amide bonds. The summed E-state index contributed by atoms with van der Waals surface area (Å²) in [6.07, 6.45) is 2.32. The molecule has 1 aromatic heterocycles. The van der Waals surface area contributed by atoms with Crippen molar-refractivity contribution in [1.29, 1.82) is 0 Å². The maximum atomic E-state index is 11.7. The van der Waals surface area contributed by atoms with E-state index in [0.29, 0.717) is 34.8 Å². The van der Waals surface area contributed by atoms with Gasteiger partial charge in [-0.3, -0.25) is 14.7 Å².